The number of hydrogen-bond acceptors (Lipinski definition) is 6. The first-order chi connectivity index (χ1) is 15.5. The molecule has 4 aromatic rings. The first-order valence-corrected chi connectivity index (χ1v) is 11.0. The number of aromatic nitrogens is 2. The van der Waals surface area contributed by atoms with Crippen molar-refractivity contribution in [2.75, 3.05) is 23.4 Å². The van der Waals surface area contributed by atoms with E-state index in [2.05, 4.69) is 10.3 Å². The zero-order chi connectivity index (χ0) is 22.2. The summed E-state index contributed by atoms with van der Waals surface area (Å²) in [5, 5.41) is 22.7. The summed E-state index contributed by atoms with van der Waals surface area (Å²) in [5.74, 6) is 0.138. The average Bonchev–Trinajstić information content (AvgIpc) is 3.49. The highest BCUT2D eigenvalue weighted by Crippen LogP contribution is 2.32. The Labute approximate surface area is 192 Å². The molecule has 10 heteroatoms. The lowest BCUT2D eigenvalue weighted by Gasteiger charge is -2.16. The third-order valence-corrected chi connectivity index (χ3v) is 6.42. The molecule has 3 aromatic heterocycles. The third-order valence-electron chi connectivity index (χ3n) is 5.19. The number of aromatic hydroxyl groups is 1. The standard InChI is InChI=1S/C22H18ClN5O3S/c23-18-5-4-17(32-18)20(29)26-19-16-12-27(21(30)15(16)6-7-25-19)11-13-2-1-3-14(10-13)28-8-9-31-22(28)24/h1-7,10,12,24,30H,8-9,11H2,(H,25,26,29). The highest BCUT2D eigenvalue weighted by molar-refractivity contribution is 7.18. The predicted octanol–water partition coefficient (Wildman–Crippen LogP) is 4.53. The van der Waals surface area contributed by atoms with Crippen LogP contribution in [-0.2, 0) is 11.3 Å². The van der Waals surface area contributed by atoms with Gasteiger partial charge in [-0.1, -0.05) is 23.7 Å². The van der Waals surface area contributed by atoms with Crippen LogP contribution in [0.3, 0.4) is 0 Å². The molecule has 1 fully saturated rings. The number of pyridine rings is 1. The van der Waals surface area contributed by atoms with E-state index in [0.717, 1.165) is 11.3 Å². The molecule has 8 nitrogen and oxygen atoms in total. The van der Waals surface area contributed by atoms with Crippen molar-refractivity contribution in [1.29, 1.82) is 5.41 Å². The Kier molecular flexibility index (Phi) is 5.20. The number of carbonyl (C=O) groups is 1. The van der Waals surface area contributed by atoms with E-state index in [4.69, 9.17) is 21.7 Å². The van der Waals surface area contributed by atoms with Gasteiger partial charge in [-0.05, 0) is 35.9 Å². The summed E-state index contributed by atoms with van der Waals surface area (Å²) >= 11 is 7.11. The fourth-order valence-electron chi connectivity index (χ4n) is 3.68. The lowest BCUT2D eigenvalue weighted by molar-refractivity contribution is 0.103. The molecule has 1 aliphatic heterocycles. The second kappa shape index (κ2) is 8.18. The molecule has 1 aliphatic rings. The van der Waals surface area contributed by atoms with Crippen molar-refractivity contribution in [3.8, 4) is 5.88 Å². The van der Waals surface area contributed by atoms with Crippen LogP contribution in [-0.4, -0.2) is 39.7 Å². The number of nitrogens with one attached hydrogen (secondary N) is 2. The Morgan fingerprint density at radius 3 is 2.91 bits per heavy atom. The van der Waals surface area contributed by atoms with Gasteiger partial charge in [-0.3, -0.25) is 15.1 Å². The fraction of sp³-hybridized carbons (Fsp3) is 0.136. The average molecular weight is 468 g/mol. The SMILES string of the molecule is N=C1OCCN1c1cccc(Cn2cc3c(NC(=O)c4ccc(Cl)s4)nccc3c2O)c1. The maximum Gasteiger partial charge on any atom is 0.289 e. The first kappa shape index (κ1) is 20.3. The molecular formula is C22H18ClN5O3S. The van der Waals surface area contributed by atoms with Gasteiger partial charge in [-0.25, -0.2) is 4.98 Å². The minimum Gasteiger partial charge on any atom is -0.494 e. The highest BCUT2D eigenvalue weighted by atomic mass is 35.5. The highest BCUT2D eigenvalue weighted by Gasteiger charge is 2.21. The molecule has 1 aromatic carbocycles. The summed E-state index contributed by atoms with van der Waals surface area (Å²) in [6.45, 7) is 1.53. The predicted molar refractivity (Wildman–Crippen MR) is 125 cm³/mol. The van der Waals surface area contributed by atoms with Gasteiger partial charge in [0.05, 0.1) is 22.3 Å². The van der Waals surface area contributed by atoms with Crippen molar-refractivity contribution < 1.29 is 14.6 Å². The van der Waals surface area contributed by atoms with Crippen molar-refractivity contribution in [1.82, 2.24) is 9.55 Å². The maximum absolute atomic E-state index is 12.5. The molecule has 5 rings (SSSR count). The van der Waals surface area contributed by atoms with E-state index in [1.165, 1.54) is 11.3 Å². The number of amidine groups is 1. The summed E-state index contributed by atoms with van der Waals surface area (Å²) in [6.07, 6.45) is 3.31. The fourth-order valence-corrected chi connectivity index (χ4v) is 4.61. The summed E-state index contributed by atoms with van der Waals surface area (Å²) in [5.41, 5.74) is 1.81. The van der Waals surface area contributed by atoms with E-state index in [1.807, 2.05) is 24.3 Å². The van der Waals surface area contributed by atoms with Gasteiger partial charge in [0.2, 0.25) is 0 Å². The molecule has 0 atom stereocenters. The molecule has 0 saturated carbocycles. The quantitative estimate of drug-likeness (QED) is 0.400. The van der Waals surface area contributed by atoms with Gasteiger partial charge >= 0.3 is 0 Å². The minimum absolute atomic E-state index is 0.0831. The molecule has 32 heavy (non-hydrogen) atoms. The molecule has 3 N–H and O–H groups in total. The second-order valence-corrected chi connectivity index (χ2v) is 8.95. The summed E-state index contributed by atoms with van der Waals surface area (Å²) in [7, 11) is 0. The van der Waals surface area contributed by atoms with Gasteiger partial charge in [0.15, 0.2) is 5.88 Å². The summed E-state index contributed by atoms with van der Waals surface area (Å²) < 4.78 is 7.46. The molecule has 4 heterocycles. The van der Waals surface area contributed by atoms with Crippen LogP contribution in [0.15, 0.2) is 54.9 Å². The molecule has 0 bridgehead atoms. The van der Waals surface area contributed by atoms with E-state index in [9.17, 15) is 9.90 Å². The number of halogens is 1. The molecule has 0 aliphatic carbocycles. The number of fused-ring (bicyclic) bond motifs is 1. The smallest absolute Gasteiger partial charge is 0.289 e. The normalized spacial score (nSPS) is 13.5. The Morgan fingerprint density at radius 1 is 1.28 bits per heavy atom. The van der Waals surface area contributed by atoms with Gasteiger partial charge in [0.1, 0.15) is 12.4 Å². The molecular weight excluding hydrogens is 450 g/mol. The number of nitrogens with zero attached hydrogens (tertiary/aromatic N) is 3. The van der Waals surface area contributed by atoms with E-state index in [0.29, 0.717) is 45.5 Å². The van der Waals surface area contributed by atoms with E-state index in [-0.39, 0.29) is 17.8 Å². The van der Waals surface area contributed by atoms with Crippen molar-refractivity contribution in [2.45, 2.75) is 6.54 Å². The number of anilines is 2. The van der Waals surface area contributed by atoms with Gasteiger partial charge in [-0.2, -0.15) is 0 Å². The van der Waals surface area contributed by atoms with Crippen LogP contribution >= 0.6 is 22.9 Å². The zero-order valence-corrected chi connectivity index (χ0v) is 18.3. The third kappa shape index (κ3) is 3.76. The minimum atomic E-state index is -0.308. The number of hydrogen-bond donors (Lipinski definition) is 3. The zero-order valence-electron chi connectivity index (χ0n) is 16.7. The summed E-state index contributed by atoms with van der Waals surface area (Å²) in [6, 6.07) is 12.9. The number of benzene rings is 1. The molecule has 1 amide bonds. The molecule has 0 unspecified atom stereocenters. The Hall–Kier alpha value is -3.56. The van der Waals surface area contributed by atoms with Crippen LogP contribution in [0, 0.1) is 5.41 Å². The number of rotatable bonds is 5. The first-order valence-electron chi connectivity index (χ1n) is 9.81. The Morgan fingerprint density at radius 2 is 2.16 bits per heavy atom. The van der Waals surface area contributed by atoms with Crippen LogP contribution in [0.2, 0.25) is 4.34 Å². The van der Waals surface area contributed by atoms with Crippen molar-refractivity contribution >= 4 is 57.1 Å². The van der Waals surface area contributed by atoms with Crippen molar-refractivity contribution in [3.63, 3.8) is 0 Å². The van der Waals surface area contributed by atoms with E-state index < -0.39 is 0 Å². The van der Waals surface area contributed by atoms with E-state index >= 15 is 0 Å². The van der Waals surface area contributed by atoms with Crippen LogP contribution in [0.4, 0.5) is 11.5 Å². The Bertz CT molecular complexity index is 1350. The van der Waals surface area contributed by atoms with Crippen LogP contribution in [0.1, 0.15) is 15.2 Å². The van der Waals surface area contributed by atoms with Gasteiger partial charge in [0, 0.05) is 28.9 Å². The number of amides is 1. The van der Waals surface area contributed by atoms with Crippen LogP contribution in [0.25, 0.3) is 10.8 Å². The monoisotopic (exact) mass is 467 g/mol. The Balaban J connectivity index is 1.43. The molecule has 0 spiro atoms. The van der Waals surface area contributed by atoms with Crippen molar-refractivity contribution in [3.05, 3.63) is 69.6 Å². The van der Waals surface area contributed by atoms with Crippen molar-refractivity contribution in [2.24, 2.45) is 0 Å². The number of ether oxygens (including phenoxy) is 1. The summed E-state index contributed by atoms with van der Waals surface area (Å²) in [4.78, 5) is 19.1. The van der Waals surface area contributed by atoms with E-state index in [1.54, 1.807) is 40.1 Å². The number of carbonyl (C=O) groups excluding carboxylic acids is 1. The lowest BCUT2D eigenvalue weighted by atomic mass is 10.2. The van der Waals surface area contributed by atoms with Crippen LogP contribution in [0.5, 0.6) is 5.88 Å². The lowest BCUT2D eigenvalue weighted by Crippen LogP contribution is -2.24. The van der Waals surface area contributed by atoms with Gasteiger partial charge in [0.25, 0.3) is 11.9 Å². The largest absolute Gasteiger partial charge is 0.494 e. The maximum atomic E-state index is 12.5. The number of thiophene rings is 1. The second-order valence-electron chi connectivity index (χ2n) is 7.23. The molecule has 162 valence electrons. The molecule has 0 radical (unpaired) electrons. The topological polar surface area (TPSA) is 103 Å². The van der Waals surface area contributed by atoms with Gasteiger partial charge < -0.3 is 19.7 Å². The molecule has 1 saturated heterocycles. The van der Waals surface area contributed by atoms with Gasteiger partial charge in [-0.15, -0.1) is 11.3 Å². The van der Waals surface area contributed by atoms with Crippen LogP contribution < -0.4 is 10.2 Å².